The number of hydrogen-bond donors (Lipinski definition) is 2. The molecule has 0 spiro atoms. The molecule has 0 saturated carbocycles. The second-order valence-electron chi connectivity index (χ2n) is 2.59. The van der Waals surface area contributed by atoms with Crippen molar-refractivity contribution in [1.29, 1.82) is 0 Å². The van der Waals surface area contributed by atoms with Crippen LogP contribution in [0.2, 0.25) is 0 Å². The molecule has 1 aromatic heterocycles. The highest BCUT2D eigenvalue weighted by Crippen LogP contribution is 2.31. The van der Waals surface area contributed by atoms with Crippen molar-refractivity contribution in [2.45, 2.75) is 11.5 Å². The van der Waals surface area contributed by atoms with Crippen LogP contribution in [0.4, 0.5) is 14.5 Å². The van der Waals surface area contributed by atoms with Gasteiger partial charge in [-0.3, -0.25) is 0 Å². The summed E-state index contributed by atoms with van der Waals surface area (Å²) in [4.78, 5) is 3.41. The summed E-state index contributed by atoms with van der Waals surface area (Å²) in [5, 5.41) is 4.21. The fourth-order valence-electron chi connectivity index (χ4n) is 0.916. The first-order valence-corrected chi connectivity index (χ1v) is 6.12. The third kappa shape index (κ3) is 2.52. The Kier molecular flexibility index (Phi) is 3.45. The number of sulfonamides is 1. The Morgan fingerprint density at radius 2 is 2.00 bits per heavy atom. The number of halogens is 3. The summed E-state index contributed by atoms with van der Waals surface area (Å²) in [7, 11) is -4.11. The maximum atomic E-state index is 12.5. The topological polar surface area (TPSA) is 99.1 Å². The predicted molar refractivity (Wildman–Crippen MR) is 57.7 cm³/mol. The van der Waals surface area contributed by atoms with Gasteiger partial charge in [0.15, 0.2) is 5.03 Å². The lowest BCUT2D eigenvalue weighted by molar-refractivity contribution is 0.151. The van der Waals surface area contributed by atoms with Crippen molar-refractivity contribution in [1.82, 2.24) is 4.98 Å². The highest BCUT2D eigenvalue weighted by atomic mass is 127. The molecular formula is C6H6F2IN3O2S. The van der Waals surface area contributed by atoms with Gasteiger partial charge in [0.05, 0.1) is 21.0 Å². The summed E-state index contributed by atoms with van der Waals surface area (Å²) in [5.41, 5.74) is 4.43. The lowest BCUT2D eigenvalue weighted by atomic mass is 10.2. The van der Waals surface area contributed by atoms with E-state index in [-0.39, 0.29) is 9.26 Å². The first kappa shape index (κ1) is 12.5. The smallest absolute Gasteiger partial charge is 0.267 e. The van der Waals surface area contributed by atoms with Crippen molar-refractivity contribution in [2.75, 3.05) is 5.73 Å². The second kappa shape index (κ2) is 4.14. The van der Waals surface area contributed by atoms with E-state index in [1.807, 2.05) is 0 Å². The Hall–Kier alpha value is -0.550. The molecule has 0 radical (unpaired) electrons. The number of primary sulfonamides is 1. The number of nitrogens with two attached hydrogens (primary N) is 2. The summed E-state index contributed by atoms with van der Waals surface area (Å²) >= 11 is 1.43. The van der Waals surface area contributed by atoms with Crippen molar-refractivity contribution in [3.8, 4) is 0 Å². The summed E-state index contributed by atoms with van der Waals surface area (Å²) in [5.74, 6) is 0. The van der Waals surface area contributed by atoms with E-state index in [1.165, 1.54) is 22.6 Å². The van der Waals surface area contributed by atoms with Gasteiger partial charge in [0, 0.05) is 0 Å². The van der Waals surface area contributed by atoms with E-state index in [1.54, 1.807) is 0 Å². The zero-order valence-corrected chi connectivity index (χ0v) is 10.1. The number of anilines is 1. The molecule has 0 atom stereocenters. The standard InChI is InChI=1S/C6H6F2IN3O2S/c7-5(8)3-2(10)1-12-6(4(3)9)15(11,13)14/h1,5H,10H2,(H2,11,13,14). The van der Waals surface area contributed by atoms with Gasteiger partial charge in [0.1, 0.15) is 0 Å². The molecule has 0 amide bonds. The number of alkyl halides is 2. The fourth-order valence-corrected chi connectivity index (χ4v) is 3.08. The van der Waals surface area contributed by atoms with Crippen LogP contribution in [-0.2, 0) is 10.0 Å². The summed E-state index contributed by atoms with van der Waals surface area (Å²) in [6.07, 6.45) is -2.02. The minimum Gasteiger partial charge on any atom is -0.397 e. The Morgan fingerprint density at radius 1 is 1.47 bits per heavy atom. The molecule has 5 nitrogen and oxygen atoms in total. The molecule has 0 fully saturated rings. The van der Waals surface area contributed by atoms with Gasteiger partial charge >= 0.3 is 0 Å². The minimum atomic E-state index is -4.11. The SMILES string of the molecule is Nc1cnc(S(N)(=O)=O)c(I)c1C(F)F. The largest absolute Gasteiger partial charge is 0.397 e. The molecule has 4 N–H and O–H groups in total. The van der Waals surface area contributed by atoms with Crippen molar-refractivity contribution < 1.29 is 17.2 Å². The van der Waals surface area contributed by atoms with Crippen LogP contribution in [0.5, 0.6) is 0 Å². The number of aromatic nitrogens is 1. The van der Waals surface area contributed by atoms with E-state index in [0.717, 1.165) is 6.20 Å². The molecule has 0 bridgehead atoms. The lowest BCUT2D eigenvalue weighted by Crippen LogP contribution is -2.17. The first-order valence-electron chi connectivity index (χ1n) is 3.50. The van der Waals surface area contributed by atoms with Crippen molar-refractivity contribution in [2.24, 2.45) is 5.14 Å². The molecular weight excluding hydrogens is 343 g/mol. The molecule has 0 unspecified atom stereocenters. The van der Waals surface area contributed by atoms with Gasteiger partial charge in [-0.15, -0.1) is 0 Å². The van der Waals surface area contributed by atoms with Crippen LogP contribution in [0.15, 0.2) is 11.2 Å². The molecule has 9 heteroatoms. The van der Waals surface area contributed by atoms with Crippen LogP contribution in [0.25, 0.3) is 0 Å². The van der Waals surface area contributed by atoms with E-state index in [0.29, 0.717) is 0 Å². The summed E-state index contributed by atoms with van der Waals surface area (Å²) in [6.45, 7) is 0. The molecule has 84 valence electrons. The average Bonchev–Trinajstić information content (AvgIpc) is 2.00. The molecule has 0 saturated heterocycles. The van der Waals surface area contributed by atoms with E-state index < -0.39 is 27.0 Å². The quantitative estimate of drug-likeness (QED) is 0.774. The lowest BCUT2D eigenvalue weighted by Gasteiger charge is -2.09. The summed E-state index contributed by atoms with van der Waals surface area (Å²) in [6, 6.07) is 0. The Labute approximate surface area is 98.0 Å². The zero-order chi connectivity index (χ0) is 11.8. The molecule has 1 rings (SSSR count). The number of nitrogens with zero attached hydrogens (tertiary/aromatic N) is 1. The van der Waals surface area contributed by atoms with Gasteiger partial charge in [-0.2, -0.15) is 0 Å². The van der Waals surface area contributed by atoms with Gasteiger partial charge in [-0.25, -0.2) is 27.3 Å². The predicted octanol–water partition coefficient (Wildman–Crippen LogP) is 0.853. The van der Waals surface area contributed by atoms with Crippen molar-refractivity contribution in [3.05, 3.63) is 15.3 Å². The molecule has 0 aliphatic carbocycles. The molecule has 0 aliphatic rings. The molecule has 1 aromatic rings. The van der Waals surface area contributed by atoms with Crippen LogP contribution >= 0.6 is 22.6 Å². The van der Waals surface area contributed by atoms with E-state index in [9.17, 15) is 17.2 Å². The van der Waals surface area contributed by atoms with Gasteiger partial charge in [0.25, 0.3) is 16.4 Å². The van der Waals surface area contributed by atoms with E-state index in [4.69, 9.17) is 10.9 Å². The number of rotatable bonds is 2. The fraction of sp³-hybridized carbons (Fsp3) is 0.167. The summed E-state index contributed by atoms with van der Waals surface area (Å²) < 4.78 is 46.7. The van der Waals surface area contributed by atoms with Gasteiger partial charge < -0.3 is 5.73 Å². The third-order valence-corrected chi connectivity index (χ3v) is 3.85. The average molecular weight is 349 g/mol. The van der Waals surface area contributed by atoms with Crippen LogP contribution in [-0.4, -0.2) is 13.4 Å². The minimum absolute atomic E-state index is 0.245. The molecule has 1 heterocycles. The van der Waals surface area contributed by atoms with Crippen molar-refractivity contribution >= 4 is 38.3 Å². The second-order valence-corrected chi connectivity index (χ2v) is 5.15. The van der Waals surface area contributed by atoms with Crippen LogP contribution in [0.1, 0.15) is 12.0 Å². The normalized spacial score (nSPS) is 12.1. The van der Waals surface area contributed by atoms with Gasteiger partial charge in [-0.05, 0) is 22.6 Å². The Bertz CT molecular complexity index is 491. The van der Waals surface area contributed by atoms with Crippen LogP contribution < -0.4 is 10.9 Å². The zero-order valence-electron chi connectivity index (χ0n) is 7.12. The first-order chi connectivity index (χ1) is 6.75. The third-order valence-electron chi connectivity index (χ3n) is 1.54. The monoisotopic (exact) mass is 349 g/mol. The Morgan fingerprint density at radius 3 is 2.40 bits per heavy atom. The number of pyridine rings is 1. The van der Waals surface area contributed by atoms with Crippen molar-refractivity contribution in [3.63, 3.8) is 0 Å². The Balaban J connectivity index is 3.56. The van der Waals surface area contributed by atoms with E-state index >= 15 is 0 Å². The van der Waals surface area contributed by atoms with Crippen LogP contribution in [0.3, 0.4) is 0 Å². The number of nitrogen functional groups attached to an aromatic ring is 1. The highest BCUT2D eigenvalue weighted by molar-refractivity contribution is 14.1. The van der Waals surface area contributed by atoms with E-state index in [2.05, 4.69) is 4.98 Å². The maximum absolute atomic E-state index is 12.5. The van der Waals surface area contributed by atoms with Crippen LogP contribution in [0, 0.1) is 3.57 Å². The van der Waals surface area contributed by atoms with Gasteiger partial charge in [0.2, 0.25) is 0 Å². The van der Waals surface area contributed by atoms with Gasteiger partial charge in [-0.1, -0.05) is 0 Å². The maximum Gasteiger partial charge on any atom is 0.267 e. The molecule has 15 heavy (non-hydrogen) atoms. The molecule has 0 aliphatic heterocycles. The number of hydrogen-bond acceptors (Lipinski definition) is 4. The molecule has 0 aromatic carbocycles. The highest BCUT2D eigenvalue weighted by Gasteiger charge is 2.24.